The molecule has 1 fully saturated rings. The lowest BCUT2D eigenvalue weighted by atomic mass is 9.78. The van der Waals surface area contributed by atoms with Crippen LogP contribution in [0.4, 0.5) is 4.79 Å². The number of alkyl carbamates (subject to hydrolysis) is 1. The fraction of sp³-hybridized carbons (Fsp3) is 0.833. The molecule has 7 nitrogen and oxygen atoms in total. The van der Waals surface area contributed by atoms with Crippen LogP contribution in [0.2, 0.25) is 0 Å². The lowest BCUT2D eigenvalue weighted by Gasteiger charge is -2.34. The Bertz CT molecular complexity index is 519. The summed E-state index contributed by atoms with van der Waals surface area (Å²) in [4.78, 5) is 37.1. The van der Waals surface area contributed by atoms with E-state index < -0.39 is 34.7 Å². The van der Waals surface area contributed by atoms with E-state index in [1.54, 1.807) is 41.5 Å². The fourth-order valence-corrected chi connectivity index (χ4v) is 3.18. The number of rotatable bonds is 4. The highest BCUT2D eigenvalue weighted by Gasteiger charge is 2.51. The Morgan fingerprint density at radius 3 is 2.08 bits per heavy atom. The molecule has 0 saturated heterocycles. The van der Waals surface area contributed by atoms with Gasteiger partial charge in [0.15, 0.2) is 0 Å². The van der Waals surface area contributed by atoms with E-state index in [1.165, 1.54) is 7.05 Å². The van der Waals surface area contributed by atoms with Crippen molar-refractivity contribution in [1.82, 2.24) is 10.6 Å². The highest BCUT2D eigenvalue weighted by atomic mass is 16.6. The number of esters is 1. The first-order valence-electron chi connectivity index (χ1n) is 8.73. The number of carbonyl (C=O) groups excluding carboxylic acids is 3. The molecule has 2 atom stereocenters. The van der Waals surface area contributed by atoms with Crippen LogP contribution in [0.15, 0.2) is 0 Å². The number of carbonyl (C=O) groups is 3. The molecule has 0 aromatic rings. The maximum Gasteiger partial charge on any atom is 0.407 e. The molecule has 0 bridgehead atoms. The zero-order valence-electron chi connectivity index (χ0n) is 16.4. The second-order valence-electron chi connectivity index (χ2n) is 8.59. The third-order valence-corrected chi connectivity index (χ3v) is 4.03. The normalized spacial score (nSPS) is 23.7. The first-order valence-corrected chi connectivity index (χ1v) is 8.73. The molecular formula is C18H32N2O5. The van der Waals surface area contributed by atoms with Gasteiger partial charge in [0.05, 0.1) is 11.8 Å². The molecule has 1 saturated carbocycles. The van der Waals surface area contributed by atoms with Gasteiger partial charge in [0.1, 0.15) is 11.2 Å². The summed E-state index contributed by atoms with van der Waals surface area (Å²) < 4.78 is 10.7. The fourth-order valence-electron chi connectivity index (χ4n) is 3.18. The molecule has 1 aliphatic rings. The quantitative estimate of drug-likeness (QED) is 0.755. The van der Waals surface area contributed by atoms with Crippen molar-refractivity contribution in [3.63, 3.8) is 0 Å². The molecule has 1 aliphatic carbocycles. The lowest BCUT2D eigenvalue weighted by Crippen LogP contribution is -2.54. The Hall–Kier alpha value is -1.79. The van der Waals surface area contributed by atoms with Crippen molar-refractivity contribution in [2.75, 3.05) is 7.05 Å². The van der Waals surface area contributed by atoms with Crippen molar-refractivity contribution in [2.24, 2.45) is 5.41 Å². The van der Waals surface area contributed by atoms with Crippen molar-refractivity contribution in [1.29, 1.82) is 0 Å². The van der Waals surface area contributed by atoms with Gasteiger partial charge in [-0.1, -0.05) is 6.42 Å². The Balaban J connectivity index is 2.96. The zero-order valence-corrected chi connectivity index (χ0v) is 16.4. The van der Waals surface area contributed by atoms with Crippen molar-refractivity contribution >= 4 is 18.0 Å². The van der Waals surface area contributed by atoms with Crippen molar-refractivity contribution in [3.8, 4) is 0 Å². The SMILES string of the molecule is CNC(=O)[C@@]1(CC(=O)OC(C)(C)C)CCC[C@H]1NC(=O)OC(C)(C)C. The average molecular weight is 356 g/mol. The molecule has 0 heterocycles. The molecule has 0 aromatic heterocycles. The van der Waals surface area contributed by atoms with Crippen LogP contribution >= 0.6 is 0 Å². The summed E-state index contributed by atoms with van der Waals surface area (Å²) in [7, 11) is 1.53. The van der Waals surface area contributed by atoms with Gasteiger partial charge in [0.2, 0.25) is 5.91 Å². The minimum Gasteiger partial charge on any atom is -0.460 e. The Labute approximate surface area is 150 Å². The third kappa shape index (κ3) is 6.21. The Morgan fingerprint density at radius 2 is 1.60 bits per heavy atom. The molecule has 0 spiro atoms. The molecular weight excluding hydrogens is 324 g/mol. The summed E-state index contributed by atoms with van der Waals surface area (Å²) >= 11 is 0. The van der Waals surface area contributed by atoms with Gasteiger partial charge in [-0.3, -0.25) is 9.59 Å². The minimum absolute atomic E-state index is 0.0790. The van der Waals surface area contributed by atoms with Crippen LogP contribution in [-0.4, -0.2) is 42.3 Å². The highest BCUT2D eigenvalue weighted by molar-refractivity contribution is 5.89. The summed E-state index contributed by atoms with van der Waals surface area (Å²) in [6.45, 7) is 10.7. The largest absolute Gasteiger partial charge is 0.460 e. The van der Waals surface area contributed by atoms with Crippen LogP contribution in [-0.2, 0) is 19.1 Å². The Morgan fingerprint density at radius 1 is 1.04 bits per heavy atom. The second-order valence-corrected chi connectivity index (χ2v) is 8.59. The second kappa shape index (κ2) is 7.62. The lowest BCUT2D eigenvalue weighted by molar-refractivity contribution is -0.160. The number of hydrogen-bond donors (Lipinski definition) is 2. The van der Waals surface area contributed by atoms with Gasteiger partial charge in [-0.25, -0.2) is 4.79 Å². The number of nitrogens with one attached hydrogen (secondary N) is 2. The molecule has 7 heteroatoms. The smallest absolute Gasteiger partial charge is 0.407 e. The van der Waals surface area contributed by atoms with E-state index >= 15 is 0 Å². The molecule has 0 radical (unpaired) electrons. The van der Waals surface area contributed by atoms with E-state index in [0.29, 0.717) is 12.8 Å². The van der Waals surface area contributed by atoms with Crippen molar-refractivity contribution in [3.05, 3.63) is 0 Å². The van der Waals surface area contributed by atoms with Crippen LogP contribution in [0, 0.1) is 5.41 Å². The summed E-state index contributed by atoms with van der Waals surface area (Å²) in [5.41, 5.74) is -2.29. The van der Waals surface area contributed by atoms with Gasteiger partial charge >= 0.3 is 12.1 Å². The predicted molar refractivity (Wildman–Crippen MR) is 94.0 cm³/mol. The van der Waals surface area contributed by atoms with E-state index in [1.807, 2.05) is 0 Å². The number of hydrogen-bond acceptors (Lipinski definition) is 5. The number of amides is 2. The molecule has 144 valence electrons. The molecule has 1 rings (SSSR count). The Kier molecular flexibility index (Phi) is 6.48. The summed E-state index contributed by atoms with van der Waals surface area (Å²) in [6.07, 6.45) is 1.18. The van der Waals surface area contributed by atoms with Crippen LogP contribution in [0.3, 0.4) is 0 Å². The van der Waals surface area contributed by atoms with Gasteiger partial charge in [-0.2, -0.15) is 0 Å². The molecule has 0 aliphatic heterocycles. The first kappa shape index (κ1) is 21.3. The van der Waals surface area contributed by atoms with Crippen molar-refractivity contribution in [2.45, 2.75) is 84.5 Å². The highest BCUT2D eigenvalue weighted by Crippen LogP contribution is 2.42. The molecule has 0 aromatic carbocycles. The van der Waals surface area contributed by atoms with Gasteiger partial charge in [0, 0.05) is 13.1 Å². The molecule has 2 amide bonds. The topological polar surface area (TPSA) is 93.7 Å². The van der Waals surface area contributed by atoms with Crippen LogP contribution < -0.4 is 10.6 Å². The van der Waals surface area contributed by atoms with E-state index in [-0.39, 0.29) is 12.3 Å². The monoisotopic (exact) mass is 356 g/mol. The van der Waals surface area contributed by atoms with Crippen molar-refractivity contribution < 1.29 is 23.9 Å². The minimum atomic E-state index is -1.02. The average Bonchev–Trinajstić information content (AvgIpc) is 2.77. The maximum atomic E-state index is 12.6. The molecule has 2 N–H and O–H groups in total. The zero-order chi connectivity index (χ0) is 19.5. The van der Waals surface area contributed by atoms with E-state index in [9.17, 15) is 14.4 Å². The maximum absolute atomic E-state index is 12.6. The predicted octanol–water partition coefficient (Wildman–Crippen LogP) is 2.53. The number of ether oxygens (including phenoxy) is 2. The van der Waals surface area contributed by atoms with Gasteiger partial charge in [-0.05, 0) is 54.4 Å². The molecule has 25 heavy (non-hydrogen) atoms. The molecule has 0 unspecified atom stereocenters. The van der Waals surface area contributed by atoms with Crippen LogP contribution in [0.25, 0.3) is 0 Å². The van der Waals surface area contributed by atoms with E-state index in [0.717, 1.165) is 6.42 Å². The van der Waals surface area contributed by atoms with Gasteiger partial charge in [0.25, 0.3) is 0 Å². The summed E-state index contributed by atoms with van der Waals surface area (Å²) in [5, 5.41) is 5.41. The van der Waals surface area contributed by atoms with E-state index in [4.69, 9.17) is 9.47 Å². The summed E-state index contributed by atoms with van der Waals surface area (Å²) in [5.74, 6) is -0.717. The van der Waals surface area contributed by atoms with Gasteiger partial charge < -0.3 is 20.1 Å². The van der Waals surface area contributed by atoms with Crippen LogP contribution in [0.1, 0.15) is 67.2 Å². The third-order valence-electron chi connectivity index (χ3n) is 4.03. The van der Waals surface area contributed by atoms with Crippen LogP contribution in [0.5, 0.6) is 0 Å². The standard InChI is InChI=1S/C18H32N2O5/c1-16(2,3)24-13(21)11-18(14(22)19-7)10-8-9-12(18)20-15(23)25-17(4,5)6/h12H,8-11H2,1-7H3,(H,19,22)(H,20,23)/t12-,18-/m1/s1. The summed E-state index contributed by atoms with van der Waals surface area (Å²) in [6, 6.07) is -0.477. The van der Waals surface area contributed by atoms with Gasteiger partial charge in [-0.15, -0.1) is 0 Å². The van der Waals surface area contributed by atoms with E-state index in [2.05, 4.69) is 10.6 Å². The first-order chi connectivity index (χ1) is 11.3.